The van der Waals surface area contributed by atoms with Gasteiger partial charge in [0.25, 0.3) is 5.91 Å². The molecule has 0 saturated heterocycles. The molecule has 4 aromatic rings. The van der Waals surface area contributed by atoms with E-state index in [1.54, 1.807) is 22.5 Å². The van der Waals surface area contributed by atoms with E-state index in [4.69, 9.17) is 0 Å². The first kappa shape index (κ1) is 17.0. The van der Waals surface area contributed by atoms with Crippen molar-refractivity contribution in [3.63, 3.8) is 0 Å². The van der Waals surface area contributed by atoms with Gasteiger partial charge in [0, 0.05) is 30.9 Å². The molecule has 2 aromatic heterocycles. The summed E-state index contributed by atoms with van der Waals surface area (Å²) in [6.07, 6.45) is 0. The number of aryl methyl sites for hydroxylation is 1. The van der Waals surface area contributed by atoms with E-state index in [-0.39, 0.29) is 5.91 Å². The summed E-state index contributed by atoms with van der Waals surface area (Å²) in [6.45, 7) is 2.51. The zero-order chi connectivity index (χ0) is 18.8. The maximum Gasteiger partial charge on any atom is 0.274 e. The van der Waals surface area contributed by atoms with E-state index in [2.05, 4.69) is 10.1 Å². The molecular weight excluding hydrogens is 336 g/mol. The van der Waals surface area contributed by atoms with Gasteiger partial charge in [0.15, 0.2) is 11.3 Å². The molecule has 0 aliphatic rings. The molecule has 0 aliphatic carbocycles. The van der Waals surface area contributed by atoms with Crippen LogP contribution in [-0.2, 0) is 6.54 Å². The summed E-state index contributed by atoms with van der Waals surface area (Å²) in [5.74, 6) is -0.120. The summed E-state index contributed by atoms with van der Waals surface area (Å²) in [5.41, 5.74) is 5.00. The van der Waals surface area contributed by atoms with Crippen molar-refractivity contribution in [1.82, 2.24) is 19.5 Å². The van der Waals surface area contributed by atoms with Gasteiger partial charge in [-0.2, -0.15) is 5.10 Å². The topological polar surface area (TPSA) is 50.5 Å². The predicted molar refractivity (Wildman–Crippen MR) is 105 cm³/mol. The number of carbonyl (C=O) groups excluding carboxylic acids is 1. The average Bonchev–Trinajstić information content (AvgIpc) is 3.13. The van der Waals surface area contributed by atoms with Crippen molar-refractivity contribution in [2.45, 2.75) is 13.5 Å². The van der Waals surface area contributed by atoms with Gasteiger partial charge in [0.1, 0.15) is 0 Å². The molecule has 5 heteroatoms. The van der Waals surface area contributed by atoms with Crippen molar-refractivity contribution < 1.29 is 4.79 Å². The first-order valence-corrected chi connectivity index (χ1v) is 8.84. The SMILES string of the molecule is Cc1cc(-c2ccccc2)nc2cc(C(=O)N(C)Cc3ccccc3)nn12. The fourth-order valence-electron chi connectivity index (χ4n) is 3.11. The van der Waals surface area contributed by atoms with E-state index < -0.39 is 0 Å². The Morgan fingerprint density at radius 3 is 2.37 bits per heavy atom. The fourth-order valence-corrected chi connectivity index (χ4v) is 3.11. The number of hydrogen-bond acceptors (Lipinski definition) is 3. The summed E-state index contributed by atoms with van der Waals surface area (Å²) in [7, 11) is 1.79. The predicted octanol–water partition coefficient (Wildman–Crippen LogP) is 3.98. The maximum absolute atomic E-state index is 12.8. The Morgan fingerprint density at radius 1 is 1.00 bits per heavy atom. The molecule has 0 radical (unpaired) electrons. The molecule has 0 atom stereocenters. The molecule has 0 aliphatic heterocycles. The van der Waals surface area contributed by atoms with Gasteiger partial charge in [-0.1, -0.05) is 60.7 Å². The van der Waals surface area contributed by atoms with Crippen LogP contribution in [0.5, 0.6) is 0 Å². The number of amides is 1. The Labute approximate surface area is 157 Å². The first-order chi connectivity index (χ1) is 13.1. The third-order valence-corrected chi connectivity index (χ3v) is 4.50. The molecule has 0 bridgehead atoms. The summed E-state index contributed by atoms with van der Waals surface area (Å²) < 4.78 is 1.72. The van der Waals surface area contributed by atoms with Crippen molar-refractivity contribution in [1.29, 1.82) is 0 Å². The van der Waals surface area contributed by atoms with E-state index in [9.17, 15) is 4.79 Å². The molecule has 4 rings (SSSR count). The van der Waals surface area contributed by atoms with Gasteiger partial charge >= 0.3 is 0 Å². The van der Waals surface area contributed by atoms with Crippen LogP contribution in [-0.4, -0.2) is 32.5 Å². The molecule has 27 heavy (non-hydrogen) atoms. The van der Waals surface area contributed by atoms with Crippen LogP contribution in [0.3, 0.4) is 0 Å². The number of nitrogens with zero attached hydrogens (tertiary/aromatic N) is 4. The quantitative estimate of drug-likeness (QED) is 0.556. The standard InChI is InChI=1S/C22H20N4O/c1-16-13-19(18-11-7-4-8-12-18)23-21-14-20(24-26(16)21)22(27)25(2)15-17-9-5-3-6-10-17/h3-14H,15H2,1-2H3. The number of hydrogen-bond donors (Lipinski definition) is 0. The summed E-state index contributed by atoms with van der Waals surface area (Å²) in [4.78, 5) is 19.2. The van der Waals surface area contributed by atoms with Crippen LogP contribution in [0.4, 0.5) is 0 Å². The average molecular weight is 356 g/mol. The Balaban J connectivity index is 1.65. The van der Waals surface area contributed by atoms with E-state index >= 15 is 0 Å². The second-order valence-electron chi connectivity index (χ2n) is 6.60. The minimum atomic E-state index is -0.120. The van der Waals surface area contributed by atoms with Gasteiger partial charge in [-0.3, -0.25) is 4.79 Å². The number of fused-ring (bicyclic) bond motifs is 1. The van der Waals surface area contributed by atoms with Gasteiger partial charge in [0.05, 0.1) is 5.69 Å². The van der Waals surface area contributed by atoms with Crippen molar-refractivity contribution in [2.75, 3.05) is 7.05 Å². The van der Waals surface area contributed by atoms with Gasteiger partial charge in [-0.15, -0.1) is 0 Å². The number of benzene rings is 2. The van der Waals surface area contributed by atoms with E-state index in [0.29, 0.717) is 17.9 Å². The smallest absolute Gasteiger partial charge is 0.274 e. The van der Waals surface area contributed by atoms with Crippen LogP contribution >= 0.6 is 0 Å². The Bertz CT molecular complexity index is 1090. The zero-order valence-corrected chi connectivity index (χ0v) is 15.3. The monoisotopic (exact) mass is 356 g/mol. The maximum atomic E-state index is 12.8. The third-order valence-electron chi connectivity index (χ3n) is 4.50. The number of carbonyl (C=O) groups is 1. The molecule has 1 amide bonds. The van der Waals surface area contributed by atoms with E-state index in [1.165, 1.54) is 0 Å². The lowest BCUT2D eigenvalue weighted by Gasteiger charge is -2.15. The fraction of sp³-hybridized carbons (Fsp3) is 0.136. The second kappa shape index (κ2) is 7.03. The minimum Gasteiger partial charge on any atom is -0.336 e. The molecule has 0 saturated carbocycles. The highest BCUT2D eigenvalue weighted by Gasteiger charge is 2.17. The van der Waals surface area contributed by atoms with Crippen LogP contribution in [0.25, 0.3) is 16.9 Å². The van der Waals surface area contributed by atoms with Crippen molar-refractivity contribution in [3.05, 3.63) is 89.7 Å². The molecule has 0 unspecified atom stereocenters. The molecule has 0 N–H and O–H groups in total. The van der Waals surface area contributed by atoms with Crippen molar-refractivity contribution >= 4 is 11.6 Å². The Hall–Kier alpha value is -3.47. The first-order valence-electron chi connectivity index (χ1n) is 8.84. The zero-order valence-electron chi connectivity index (χ0n) is 15.3. The van der Waals surface area contributed by atoms with E-state index in [0.717, 1.165) is 22.5 Å². The van der Waals surface area contributed by atoms with Crippen molar-refractivity contribution in [2.24, 2.45) is 0 Å². The molecule has 0 spiro atoms. The van der Waals surface area contributed by atoms with Crippen LogP contribution in [0, 0.1) is 6.92 Å². The second-order valence-corrected chi connectivity index (χ2v) is 6.60. The molecular formula is C22H20N4O. The van der Waals surface area contributed by atoms with Crippen LogP contribution in [0.2, 0.25) is 0 Å². The van der Waals surface area contributed by atoms with Gasteiger partial charge in [-0.05, 0) is 18.6 Å². The highest BCUT2D eigenvalue weighted by atomic mass is 16.2. The number of rotatable bonds is 4. The van der Waals surface area contributed by atoms with Crippen molar-refractivity contribution in [3.8, 4) is 11.3 Å². The van der Waals surface area contributed by atoms with Gasteiger partial charge < -0.3 is 4.90 Å². The Morgan fingerprint density at radius 2 is 1.67 bits per heavy atom. The summed E-state index contributed by atoms with van der Waals surface area (Å²) in [6, 6.07) is 23.6. The molecule has 134 valence electrons. The molecule has 0 fully saturated rings. The lowest BCUT2D eigenvalue weighted by molar-refractivity contribution is 0.0779. The van der Waals surface area contributed by atoms with Crippen LogP contribution in [0.1, 0.15) is 21.7 Å². The largest absolute Gasteiger partial charge is 0.336 e. The molecule has 2 aromatic carbocycles. The highest BCUT2D eigenvalue weighted by molar-refractivity contribution is 5.93. The molecule has 5 nitrogen and oxygen atoms in total. The Kier molecular flexibility index (Phi) is 4.42. The van der Waals surface area contributed by atoms with Crippen LogP contribution in [0.15, 0.2) is 72.8 Å². The minimum absolute atomic E-state index is 0.120. The summed E-state index contributed by atoms with van der Waals surface area (Å²) in [5, 5.41) is 4.47. The van der Waals surface area contributed by atoms with Crippen LogP contribution < -0.4 is 0 Å². The third kappa shape index (κ3) is 3.44. The highest BCUT2D eigenvalue weighted by Crippen LogP contribution is 2.20. The van der Waals surface area contributed by atoms with Gasteiger partial charge in [-0.25, -0.2) is 9.50 Å². The molecule has 2 heterocycles. The van der Waals surface area contributed by atoms with Gasteiger partial charge in [0.2, 0.25) is 0 Å². The lowest BCUT2D eigenvalue weighted by Crippen LogP contribution is -2.26. The van der Waals surface area contributed by atoms with E-state index in [1.807, 2.05) is 73.7 Å². The number of aromatic nitrogens is 3. The summed E-state index contributed by atoms with van der Waals surface area (Å²) >= 11 is 0. The lowest BCUT2D eigenvalue weighted by atomic mass is 10.1. The normalized spacial score (nSPS) is 10.9.